The van der Waals surface area contributed by atoms with Gasteiger partial charge in [-0.3, -0.25) is 4.79 Å². The third kappa shape index (κ3) is 2.56. The Morgan fingerprint density at radius 3 is 2.50 bits per heavy atom. The van der Waals surface area contributed by atoms with Gasteiger partial charge in [0.1, 0.15) is 0 Å². The Balaban J connectivity index is 1.94. The predicted molar refractivity (Wildman–Crippen MR) is 65.4 cm³/mol. The highest BCUT2D eigenvalue weighted by atomic mass is 35.5. The SMILES string of the molecule is C[C@@H](NC(=O)C1CCC1)c1ccc(Cl)cc1. The first-order valence-electron chi connectivity index (χ1n) is 5.72. The van der Waals surface area contributed by atoms with E-state index >= 15 is 0 Å². The molecule has 0 spiro atoms. The van der Waals surface area contributed by atoms with E-state index in [1.165, 1.54) is 6.42 Å². The second kappa shape index (κ2) is 4.88. The number of benzene rings is 1. The molecule has 86 valence electrons. The van der Waals surface area contributed by atoms with E-state index in [-0.39, 0.29) is 17.9 Å². The highest BCUT2D eigenvalue weighted by molar-refractivity contribution is 6.30. The zero-order chi connectivity index (χ0) is 11.5. The Morgan fingerprint density at radius 2 is 2.00 bits per heavy atom. The summed E-state index contributed by atoms with van der Waals surface area (Å²) < 4.78 is 0. The van der Waals surface area contributed by atoms with Crippen molar-refractivity contribution in [3.8, 4) is 0 Å². The standard InChI is InChI=1S/C13H16ClNO/c1-9(10-5-7-12(14)8-6-10)15-13(16)11-3-2-4-11/h5-9,11H,2-4H2,1H3,(H,15,16)/t9-/m1/s1. The lowest BCUT2D eigenvalue weighted by Crippen LogP contribution is -2.35. The molecule has 1 aliphatic carbocycles. The van der Waals surface area contributed by atoms with Gasteiger partial charge in [-0.1, -0.05) is 30.2 Å². The van der Waals surface area contributed by atoms with Crippen molar-refractivity contribution in [3.05, 3.63) is 34.9 Å². The van der Waals surface area contributed by atoms with Crippen LogP contribution in [0, 0.1) is 5.92 Å². The molecule has 1 aromatic carbocycles. The molecule has 2 nitrogen and oxygen atoms in total. The zero-order valence-corrected chi connectivity index (χ0v) is 10.1. The maximum absolute atomic E-state index is 11.7. The first-order valence-corrected chi connectivity index (χ1v) is 6.10. The number of carbonyl (C=O) groups is 1. The highest BCUT2D eigenvalue weighted by Gasteiger charge is 2.26. The van der Waals surface area contributed by atoms with Crippen LogP contribution in [0.5, 0.6) is 0 Å². The van der Waals surface area contributed by atoms with Crippen LogP contribution in [0.1, 0.15) is 37.8 Å². The van der Waals surface area contributed by atoms with E-state index in [0.29, 0.717) is 0 Å². The van der Waals surface area contributed by atoms with Gasteiger partial charge < -0.3 is 5.32 Å². The molecule has 0 bridgehead atoms. The molecule has 16 heavy (non-hydrogen) atoms. The first-order chi connectivity index (χ1) is 7.66. The molecular weight excluding hydrogens is 222 g/mol. The highest BCUT2D eigenvalue weighted by Crippen LogP contribution is 2.27. The number of amides is 1. The van der Waals surface area contributed by atoms with E-state index in [1.54, 1.807) is 0 Å². The largest absolute Gasteiger partial charge is 0.349 e. The Kier molecular flexibility index (Phi) is 3.49. The summed E-state index contributed by atoms with van der Waals surface area (Å²) in [6.45, 7) is 2.00. The van der Waals surface area contributed by atoms with E-state index in [9.17, 15) is 4.79 Å². The smallest absolute Gasteiger partial charge is 0.223 e. The van der Waals surface area contributed by atoms with Gasteiger partial charge in [-0.25, -0.2) is 0 Å². The minimum atomic E-state index is 0.0605. The van der Waals surface area contributed by atoms with Crippen LogP contribution in [-0.2, 0) is 4.79 Å². The van der Waals surface area contributed by atoms with Gasteiger partial charge in [0.2, 0.25) is 5.91 Å². The molecule has 0 heterocycles. The second-order valence-corrected chi connectivity index (χ2v) is 4.85. The summed E-state index contributed by atoms with van der Waals surface area (Å²) >= 11 is 5.82. The summed E-state index contributed by atoms with van der Waals surface area (Å²) in [4.78, 5) is 11.7. The fraction of sp³-hybridized carbons (Fsp3) is 0.462. The van der Waals surface area contributed by atoms with E-state index in [0.717, 1.165) is 23.4 Å². The third-order valence-corrected chi connectivity index (χ3v) is 3.46. The fourth-order valence-electron chi connectivity index (χ4n) is 1.84. The van der Waals surface area contributed by atoms with Gasteiger partial charge in [-0.05, 0) is 37.5 Å². The molecule has 0 radical (unpaired) electrons. The summed E-state index contributed by atoms with van der Waals surface area (Å²) in [5.41, 5.74) is 1.09. The molecule has 2 rings (SSSR count). The van der Waals surface area contributed by atoms with Crippen LogP contribution in [0.4, 0.5) is 0 Å². The van der Waals surface area contributed by atoms with Crippen molar-refractivity contribution in [2.24, 2.45) is 5.92 Å². The average molecular weight is 238 g/mol. The van der Waals surface area contributed by atoms with E-state index < -0.39 is 0 Å². The summed E-state index contributed by atoms with van der Waals surface area (Å²) in [5.74, 6) is 0.434. The molecule has 1 aliphatic rings. The van der Waals surface area contributed by atoms with Crippen molar-refractivity contribution in [1.82, 2.24) is 5.32 Å². The van der Waals surface area contributed by atoms with Gasteiger partial charge in [0, 0.05) is 10.9 Å². The molecule has 1 saturated carbocycles. The van der Waals surface area contributed by atoms with E-state index in [1.807, 2.05) is 31.2 Å². The van der Waals surface area contributed by atoms with Crippen molar-refractivity contribution in [2.45, 2.75) is 32.2 Å². The zero-order valence-electron chi connectivity index (χ0n) is 9.37. The van der Waals surface area contributed by atoms with Crippen molar-refractivity contribution in [2.75, 3.05) is 0 Å². The molecule has 1 aromatic rings. The number of nitrogens with one attached hydrogen (secondary N) is 1. The van der Waals surface area contributed by atoms with Gasteiger partial charge in [-0.2, -0.15) is 0 Å². The van der Waals surface area contributed by atoms with Crippen LogP contribution in [-0.4, -0.2) is 5.91 Å². The molecule has 1 N–H and O–H groups in total. The van der Waals surface area contributed by atoms with Crippen LogP contribution in [0.2, 0.25) is 5.02 Å². The number of rotatable bonds is 3. The normalized spacial score (nSPS) is 17.6. The van der Waals surface area contributed by atoms with Crippen LogP contribution >= 0.6 is 11.6 Å². The molecule has 3 heteroatoms. The van der Waals surface area contributed by atoms with Gasteiger partial charge in [-0.15, -0.1) is 0 Å². The summed E-state index contributed by atoms with van der Waals surface area (Å²) in [7, 11) is 0. The van der Waals surface area contributed by atoms with Crippen molar-refractivity contribution in [3.63, 3.8) is 0 Å². The minimum absolute atomic E-state index is 0.0605. The maximum atomic E-state index is 11.7. The fourth-order valence-corrected chi connectivity index (χ4v) is 1.96. The molecular formula is C13H16ClNO. The van der Waals surface area contributed by atoms with Gasteiger partial charge in [0.05, 0.1) is 6.04 Å². The van der Waals surface area contributed by atoms with E-state index in [2.05, 4.69) is 5.32 Å². The Bertz CT molecular complexity index is 370. The number of halogens is 1. The maximum Gasteiger partial charge on any atom is 0.223 e. The molecule has 1 atom stereocenters. The Hall–Kier alpha value is -1.02. The molecule has 0 unspecified atom stereocenters. The lowest BCUT2D eigenvalue weighted by molar-refractivity contribution is -0.128. The second-order valence-electron chi connectivity index (χ2n) is 4.41. The average Bonchev–Trinajstić information content (AvgIpc) is 2.15. The summed E-state index contributed by atoms with van der Waals surface area (Å²) in [5, 5.41) is 3.76. The number of hydrogen-bond acceptors (Lipinski definition) is 1. The van der Waals surface area contributed by atoms with Crippen molar-refractivity contribution in [1.29, 1.82) is 0 Å². The minimum Gasteiger partial charge on any atom is -0.349 e. The Labute approximate surface area is 101 Å². The monoisotopic (exact) mass is 237 g/mol. The van der Waals surface area contributed by atoms with Crippen LogP contribution in [0.25, 0.3) is 0 Å². The lowest BCUT2D eigenvalue weighted by Gasteiger charge is -2.26. The molecule has 1 amide bonds. The summed E-state index contributed by atoms with van der Waals surface area (Å²) in [6.07, 6.45) is 3.27. The lowest BCUT2D eigenvalue weighted by atomic mass is 9.84. The molecule has 0 aromatic heterocycles. The topological polar surface area (TPSA) is 29.1 Å². The van der Waals surface area contributed by atoms with Crippen LogP contribution in [0.15, 0.2) is 24.3 Å². The van der Waals surface area contributed by atoms with Crippen LogP contribution < -0.4 is 5.32 Å². The van der Waals surface area contributed by atoms with Gasteiger partial charge >= 0.3 is 0 Å². The van der Waals surface area contributed by atoms with E-state index in [4.69, 9.17) is 11.6 Å². The molecule has 1 fully saturated rings. The Morgan fingerprint density at radius 1 is 1.38 bits per heavy atom. The predicted octanol–water partition coefficient (Wildman–Crippen LogP) is 3.32. The quantitative estimate of drug-likeness (QED) is 0.859. The van der Waals surface area contributed by atoms with Crippen molar-refractivity contribution < 1.29 is 4.79 Å². The summed E-state index contributed by atoms with van der Waals surface area (Å²) in [6, 6.07) is 7.67. The van der Waals surface area contributed by atoms with Crippen LogP contribution in [0.3, 0.4) is 0 Å². The third-order valence-electron chi connectivity index (χ3n) is 3.20. The van der Waals surface area contributed by atoms with Gasteiger partial charge in [0.15, 0.2) is 0 Å². The molecule has 0 aliphatic heterocycles. The molecule has 0 saturated heterocycles. The first kappa shape index (κ1) is 11.5. The number of carbonyl (C=O) groups excluding carboxylic acids is 1. The van der Waals surface area contributed by atoms with Gasteiger partial charge in [0.25, 0.3) is 0 Å². The van der Waals surface area contributed by atoms with Crippen molar-refractivity contribution >= 4 is 17.5 Å². The number of hydrogen-bond donors (Lipinski definition) is 1.